The zero-order chi connectivity index (χ0) is 13.7. The van der Waals surface area contributed by atoms with Crippen LogP contribution in [-0.2, 0) is 6.42 Å². The van der Waals surface area contributed by atoms with Gasteiger partial charge in [-0.05, 0) is 31.9 Å². The average molecular weight is 292 g/mol. The molecule has 0 radical (unpaired) electrons. The van der Waals surface area contributed by atoms with E-state index >= 15 is 0 Å². The van der Waals surface area contributed by atoms with Crippen molar-refractivity contribution in [2.24, 2.45) is 5.41 Å². The van der Waals surface area contributed by atoms with Gasteiger partial charge in [0.15, 0.2) is 0 Å². The maximum absolute atomic E-state index is 13.0. The zero-order valence-corrected chi connectivity index (χ0v) is 12.4. The highest BCUT2D eigenvalue weighted by Crippen LogP contribution is 2.45. The van der Waals surface area contributed by atoms with Crippen molar-refractivity contribution in [1.29, 1.82) is 0 Å². The van der Waals surface area contributed by atoms with Crippen molar-refractivity contribution in [2.45, 2.75) is 40.3 Å². The molecule has 0 saturated carbocycles. The molecule has 18 heavy (non-hydrogen) atoms. The third-order valence-corrected chi connectivity index (χ3v) is 5.50. The third-order valence-electron chi connectivity index (χ3n) is 3.17. The van der Waals surface area contributed by atoms with Crippen molar-refractivity contribution >= 4 is 32.1 Å². The molecule has 0 saturated heterocycles. The fourth-order valence-electron chi connectivity index (χ4n) is 1.91. The molecule has 5 heteroatoms. The second-order valence-corrected chi connectivity index (χ2v) is 7.76. The van der Waals surface area contributed by atoms with E-state index in [1.54, 1.807) is 22.7 Å². The molecule has 2 aromatic heterocycles. The Morgan fingerprint density at radius 2 is 1.72 bits per heavy atom. The van der Waals surface area contributed by atoms with Crippen molar-refractivity contribution in [3.63, 3.8) is 0 Å². The molecule has 2 heterocycles. The molecule has 0 aliphatic heterocycles. The first kappa shape index (κ1) is 13.9. The molecule has 0 bridgehead atoms. The van der Waals surface area contributed by atoms with E-state index in [0.717, 1.165) is 24.7 Å². The molecule has 0 nitrogen and oxygen atoms in total. The minimum atomic E-state index is -4.17. The molecule has 0 aromatic carbocycles. The molecule has 0 aliphatic rings. The maximum atomic E-state index is 13.0. The fraction of sp³-hybridized carbons (Fsp3) is 0.538. The van der Waals surface area contributed by atoms with Crippen LogP contribution in [0.5, 0.6) is 0 Å². The molecular formula is C13H15F3S2. The third kappa shape index (κ3) is 2.30. The quantitative estimate of drug-likeness (QED) is 0.665. The summed E-state index contributed by atoms with van der Waals surface area (Å²) < 4.78 is 41.1. The van der Waals surface area contributed by atoms with Crippen LogP contribution in [0, 0.1) is 19.3 Å². The number of hydrogen-bond acceptors (Lipinski definition) is 2. The lowest BCUT2D eigenvalue weighted by Gasteiger charge is -2.27. The predicted molar refractivity (Wildman–Crippen MR) is 72.7 cm³/mol. The summed E-state index contributed by atoms with van der Waals surface area (Å²) in [5.74, 6) is 0. The first-order chi connectivity index (χ1) is 8.12. The van der Waals surface area contributed by atoms with Crippen LogP contribution in [-0.4, -0.2) is 6.18 Å². The maximum Gasteiger partial charge on any atom is 0.394 e. The topological polar surface area (TPSA) is 0 Å². The van der Waals surface area contributed by atoms with Crippen LogP contribution >= 0.6 is 22.7 Å². The summed E-state index contributed by atoms with van der Waals surface area (Å²) >= 11 is 3.19. The van der Waals surface area contributed by atoms with E-state index < -0.39 is 11.6 Å². The lowest BCUT2D eigenvalue weighted by atomic mass is 9.85. The molecule has 0 N–H and O–H groups in total. The lowest BCUT2D eigenvalue weighted by molar-refractivity contribution is -0.210. The van der Waals surface area contributed by atoms with Gasteiger partial charge in [-0.2, -0.15) is 13.2 Å². The van der Waals surface area contributed by atoms with Crippen LogP contribution in [0.2, 0.25) is 0 Å². The van der Waals surface area contributed by atoms with Gasteiger partial charge in [-0.3, -0.25) is 0 Å². The van der Waals surface area contributed by atoms with Crippen molar-refractivity contribution in [1.82, 2.24) is 0 Å². The van der Waals surface area contributed by atoms with Gasteiger partial charge in [0.1, 0.15) is 0 Å². The zero-order valence-electron chi connectivity index (χ0n) is 10.7. The van der Waals surface area contributed by atoms with Gasteiger partial charge in [-0.1, -0.05) is 13.8 Å². The van der Waals surface area contributed by atoms with E-state index in [1.807, 2.05) is 13.8 Å². The van der Waals surface area contributed by atoms with Crippen LogP contribution in [0.3, 0.4) is 0 Å². The monoisotopic (exact) mass is 292 g/mol. The summed E-state index contributed by atoms with van der Waals surface area (Å²) in [5, 5.41) is 0. The Bertz CT molecular complexity index is 573. The Balaban J connectivity index is 2.45. The Kier molecular flexibility index (Phi) is 3.26. The number of rotatable bonds is 2. The summed E-state index contributed by atoms with van der Waals surface area (Å²) in [6.07, 6.45) is -4.11. The van der Waals surface area contributed by atoms with E-state index in [2.05, 4.69) is 6.07 Å². The van der Waals surface area contributed by atoms with E-state index in [4.69, 9.17) is 0 Å². The Morgan fingerprint density at radius 3 is 2.28 bits per heavy atom. The molecule has 0 atom stereocenters. The SMILES string of the molecule is Cc1cc2sc(C)c(CC(C)(C)C(F)(F)F)c2s1. The normalized spacial score (nSPS) is 13.5. The van der Waals surface area contributed by atoms with Crippen molar-refractivity contribution in [3.8, 4) is 0 Å². The van der Waals surface area contributed by atoms with Crippen LogP contribution in [0.1, 0.15) is 29.2 Å². The first-order valence-corrected chi connectivity index (χ1v) is 7.30. The van der Waals surface area contributed by atoms with Gasteiger partial charge in [-0.25, -0.2) is 0 Å². The number of aryl methyl sites for hydroxylation is 2. The Morgan fingerprint density at radius 1 is 1.11 bits per heavy atom. The summed E-state index contributed by atoms with van der Waals surface area (Å²) in [6.45, 7) is 6.45. The highest BCUT2D eigenvalue weighted by Gasteiger charge is 2.47. The lowest BCUT2D eigenvalue weighted by Crippen LogP contribution is -2.34. The number of halogens is 3. The van der Waals surface area contributed by atoms with Gasteiger partial charge in [0.25, 0.3) is 0 Å². The van der Waals surface area contributed by atoms with Gasteiger partial charge in [0, 0.05) is 19.2 Å². The van der Waals surface area contributed by atoms with Gasteiger partial charge in [0.2, 0.25) is 0 Å². The highest BCUT2D eigenvalue weighted by atomic mass is 32.1. The fourth-order valence-corrected chi connectivity index (χ4v) is 4.39. The summed E-state index contributed by atoms with van der Waals surface area (Å²) in [5.41, 5.74) is -0.806. The van der Waals surface area contributed by atoms with E-state index in [9.17, 15) is 13.2 Å². The van der Waals surface area contributed by atoms with Gasteiger partial charge >= 0.3 is 6.18 Å². The van der Waals surface area contributed by atoms with Crippen LogP contribution in [0.4, 0.5) is 13.2 Å². The van der Waals surface area contributed by atoms with E-state index in [-0.39, 0.29) is 6.42 Å². The molecular weight excluding hydrogens is 277 g/mol. The molecule has 0 aliphatic carbocycles. The molecule has 0 unspecified atom stereocenters. The standard InChI is InChI=1S/C13H15F3S2/c1-7-5-10-11(17-7)9(8(2)18-10)6-12(3,4)13(14,15)16/h5H,6H2,1-4H3. The average Bonchev–Trinajstić information content (AvgIpc) is 2.64. The van der Waals surface area contributed by atoms with Crippen molar-refractivity contribution in [3.05, 3.63) is 21.4 Å². The number of alkyl halides is 3. The van der Waals surface area contributed by atoms with Crippen LogP contribution < -0.4 is 0 Å². The number of hydrogen-bond donors (Lipinski definition) is 0. The second-order valence-electron chi connectivity index (χ2n) is 5.25. The number of fused-ring (bicyclic) bond motifs is 1. The predicted octanol–water partition coefficient (Wildman–Crippen LogP) is 5.71. The molecule has 0 amide bonds. The molecule has 2 aromatic rings. The van der Waals surface area contributed by atoms with E-state index in [1.165, 1.54) is 13.8 Å². The Hall–Kier alpha value is -0.550. The molecule has 100 valence electrons. The number of thiophene rings is 2. The first-order valence-electron chi connectivity index (χ1n) is 5.67. The van der Waals surface area contributed by atoms with Crippen LogP contribution in [0.15, 0.2) is 6.07 Å². The summed E-state index contributed by atoms with van der Waals surface area (Å²) in [7, 11) is 0. The summed E-state index contributed by atoms with van der Waals surface area (Å²) in [6, 6.07) is 2.06. The minimum Gasteiger partial charge on any atom is -0.171 e. The summed E-state index contributed by atoms with van der Waals surface area (Å²) in [4.78, 5) is 2.16. The highest BCUT2D eigenvalue weighted by molar-refractivity contribution is 7.28. The van der Waals surface area contributed by atoms with Crippen molar-refractivity contribution in [2.75, 3.05) is 0 Å². The van der Waals surface area contributed by atoms with Gasteiger partial charge in [-0.15, -0.1) is 22.7 Å². The van der Waals surface area contributed by atoms with E-state index in [0.29, 0.717) is 0 Å². The molecule has 2 rings (SSSR count). The molecule has 0 spiro atoms. The second kappa shape index (κ2) is 4.23. The minimum absolute atomic E-state index is 0.0578. The van der Waals surface area contributed by atoms with Crippen molar-refractivity contribution < 1.29 is 13.2 Å². The van der Waals surface area contributed by atoms with Crippen LogP contribution in [0.25, 0.3) is 9.40 Å². The largest absolute Gasteiger partial charge is 0.394 e. The Labute approximate surface area is 112 Å². The van der Waals surface area contributed by atoms with Gasteiger partial charge in [0.05, 0.1) is 5.41 Å². The molecule has 0 fully saturated rings. The van der Waals surface area contributed by atoms with Gasteiger partial charge < -0.3 is 0 Å². The smallest absolute Gasteiger partial charge is 0.171 e.